The van der Waals surface area contributed by atoms with E-state index in [1.165, 1.54) is 0 Å². The number of amidine groups is 1. The number of nitrogens with two attached hydrogens (primary N) is 1. The summed E-state index contributed by atoms with van der Waals surface area (Å²) in [6.45, 7) is 10.00. The van der Waals surface area contributed by atoms with Crippen LogP contribution < -0.4 is 21.9 Å². The zero-order valence-corrected chi connectivity index (χ0v) is 19.2. The molecule has 32 heavy (non-hydrogen) atoms. The Morgan fingerprint density at radius 2 is 1.88 bits per heavy atom. The third-order valence-electron chi connectivity index (χ3n) is 5.48. The molecule has 0 radical (unpaired) electrons. The molecule has 1 aromatic carbocycles. The van der Waals surface area contributed by atoms with Crippen LogP contribution in [0.25, 0.3) is 11.0 Å². The zero-order valence-electron chi connectivity index (χ0n) is 19.2. The van der Waals surface area contributed by atoms with Gasteiger partial charge in [0.15, 0.2) is 0 Å². The maximum absolute atomic E-state index is 13.3. The number of para-hydroxylation sites is 2. The van der Waals surface area contributed by atoms with Gasteiger partial charge in [0.05, 0.1) is 36.4 Å². The predicted octanol–water partition coefficient (Wildman–Crippen LogP) is -0.458. The minimum absolute atomic E-state index is 0.143. The van der Waals surface area contributed by atoms with Crippen molar-refractivity contribution in [2.45, 2.75) is 33.4 Å². The number of nitrogens with zero attached hydrogens (tertiary/aromatic N) is 5. The van der Waals surface area contributed by atoms with Crippen LogP contribution in [-0.4, -0.2) is 71.8 Å². The number of imidazole rings is 1. The summed E-state index contributed by atoms with van der Waals surface area (Å²) in [5.74, 6) is 0.143. The number of hydrogen-bond acceptors (Lipinski definition) is 5. The highest BCUT2D eigenvalue weighted by Crippen LogP contribution is 2.20. The van der Waals surface area contributed by atoms with Crippen LogP contribution in [0.3, 0.4) is 0 Å². The van der Waals surface area contributed by atoms with E-state index >= 15 is 0 Å². The van der Waals surface area contributed by atoms with Gasteiger partial charge in [-0.3, -0.25) is 9.47 Å². The van der Waals surface area contributed by atoms with E-state index < -0.39 is 17.5 Å². The number of hydrogen-bond donors (Lipinski definition) is 3. The lowest BCUT2D eigenvalue weighted by Crippen LogP contribution is -2.59. The molecule has 1 atom stereocenters. The molecule has 0 saturated carbocycles. The Balaban J connectivity index is 1.92. The minimum Gasteiger partial charge on any atom is -0.379 e. The Hall–Kier alpha value is -3.05. The number of nitrogens with one attached hydrogen (secondary N) is 2. The van der Waals surface area contributed by atoms with Crippen molar-refractivity contribution in [1.82, 2.24) is 19.4 Å². The van der Waals surface area contributed by atoms with Crippen molar-refractivity contribution < 1.29 is 14.6 Å². The SMILES string of the molecule is C[NH+]=N/N=C(\N)[C@@H](NC(=O)n1c(=O)n(CCN2CCOCC2)c2ccccc21)C(C)(C)C. The molecule has 0 bridgehead atoms. The molecule has 4 N–H and O–H groups in total. The maximum atomic E-state index is 13.3. The first-order valence-corrected chi connectivity index (χ1v) is 10.7. The summed E-state index contributed by atoms with van der Waals surface area (Å²) in [6, 6.07) is 6.09. The average molecular weight is 446 g/mol. The van der Waals surface area contributed by atoms with Gasteiger partial charge in [-0.25, -0.2) is 14.2 Å². The molecule has 3 rings (SSSR count). The van der Waals surface area contributed by atoms with Crippen molar-refractivity contribution in [1.29, 1.82) is 0 Å². The smallest absolute Gasteiger partial charge is 0.337 e. The Kier molecular flexibility index (Phi) is 7.41. The molecular formula is C21H33N8O3+. The van der Waals surface area contributed by atoms with Crippen molar-refractivity contribution in [2.75, 3.05) is 39.9 Å². The molecule has 1 aliphatic rings. The summed E-state index contributed by atoms with van der Waals surface area (Å²) < 4.78 is 8.20. The van der Waals surface area contributed by atoms with Crippen LogP contribution in [0.2, 0.25) is 0 Å². The molecule has 11 heteroatoms. The third kappa shape index (κ3) is 5.22. The highest BCUT2D eigenvalue weighted by Gasteiger charge is 2.34. The number of rotatable bonds is 6. The monoisotopic (exact) mass is 445 g/mol. The molecule has 1 amide bonds. The van der Waals surface area contributed by atoms with Gasteiger partial charge in [-0.15, -0.1) is 0 Å². The maximum Gasteiger partial charge on any atom is 0.337 e. The van der Waals surface area contributed by atoms with E-state index in [0.29, 0.717) is 37.3 Å². The van der Waals surface area contributed by atoms with Gasteiger partial charge in [-0.05, 0) is 17.5 Å². The van der Waals surface area contributed by atoms with Crippen LogP contribution in [0, 0.1) is 5.41 Å². The first-order chi connectivity index (χ1) is 15.2. The van der Waals surface area contributed by atoms with Crippen molar-refractivity contribution in [2.24, 2.45) is 21.5 Å². The second kappa shape index (κ2) is 10.0. The number of carbonyl (C=O) groups is 1. The number of fused-ring (bicyclic) bond motifs is 1. The van der Waals surface area contributed by atoms with E-state index in [-0.39, 0.29) is 11.5 Å². The standard InChI is InChI=1S/C21H32N8O3/c1-21(2,3)17(18(22)25-26-23-4)24-19(30)29-16-8-6-5-7-15(16)28(20(29)31)10-9-27-11-13-32-14-12-27/h5-8,17H,9-14H2,1-4H3,(H,24,30)(H2,22,23,25)/p+1/t17-/m1/s1. The number of morpholine rings is 1. The summed E-state index contributed by atoms with van der Waals surface area (Å²) in [6.07, 6.45) is 0. The molecule has 0 aliphatic carbocycles. The van der Waals surface area contributed by atoms with Gasteiger partial charge in [-0.1, -0.05) is 32.9 Å². The van der Waals surface area contributed by atoms with E-state index in [4.69, 9.17) is 10.5 Å². The molecule has 1 fully saturated rings. The first-order valence-electron chi connectivity index (χ1n) is 10.7. The number of ether oxygens (including phenoxy) is 1. The summed E-state index contributed by atoms with van der Waals surface area (Å²) >= 11 is 0. The molecule has 174 valence electrons. The molecule has 0 unspecified atom stereocenters. The Morgan fingerprint density at radius 1 is 1.22 bits per heavy atom. The van der Waals surface area contributed by atoms with Crippen LogP contribution in [0.5, 0.6) is 0 Å². The summed E-state index contributed by atoms with van der Waals surface area (Å²) in [5, 5.41) is 13.0. The third-order valence-corrected chi connectivity index (χ3v) is 5.48. The quantitative estimate of drug-likeness (QED) is 0.240. The number of aromatic nitrogens is 2. The van der Waals surface area contributed by atoms with Gasteiger partial charge in [0.1, 0.15) is 11.3 Å². The molecule has 1 saturated heterocycles. The molecule has 1 aliphatic heterocycles. The van der Waals surface area contributed by atoms with Gasteiger partial charge in [0, 0.05) is 26.2 Å². The summed E-state index contributed by atoms with van der Waals surface area (Å²) in [4.78, 5) is 28.8. The molecular weight excluding hydrogens is 412 g/mol. The van der Waals surface area contributed by atoms with Gasteiger partial charge >= 0.3 is 11.7 Å². The van der Waals surface area contributed by atoms with E-state index in [1.807, 2.05) is 32.9 Å². The molecule has 11 nitrogen and oxygen atoms in total. The van der Waals surface area contributed by atoms with Gasteiger partial charge in [0.25, 0.3) is 5.84 Å². The average Bonchev–Trinajstić information content (AvgIpc) is 3.05. The second-order valence-corrected chi connectivity index (χ2v) is 8.81. The normalized spacial score (nSPS) is 17.2. The van der Waals surface area contributed by atoms with Crippen LogP contribution in [-0.2, 0) is 11.3 Å². The molecule has 0 spiro atoms. The number of carbonyl (C=O) groups excluding carboxylic acids is 1. The van der Waals surface area contributed by atoms with Crippen LogP contribution in [0.15, 0.2) is 39.4 Å². The minimum atomic E-state index is -0.630. The molecule has 2 aromatic rings. The highest BCUT2D eigenvalue weighted by atomic mass is 16.5. The highest BCUT2D eigenvalue weighted by molar-refractivity contribution is 5.94. The van der Waals surface area contributed by atoms with E-state index in [9.17, 15) is 9.59 Å². The van der Waals surface area contributed by atoms with Crippen molar-refractivity contribution in [3.05, 3.63) is 34.7 Å². The van der Waals surface area contributed by atoms with Gasteiger partial charge < -0.3 is 15.8 Å². The Labute approximate surface area is 186 Å². The lowest BCUT2D eigenvalue weighted by molar-refractivity contribution is -0.501. The van der Waals surface area contributed by atoms with E-state index in [0.717, 1.165) is 17.7 Å². The van der Waals surface area contributed by atoms with Crippen molar-refractivity contribution in [3.63, 3.8) is 0 Å². The fraction of sp³-hybridized carbons (Fsp3) is 0.571. The van der Waals surface area contributed by atoms with Crippen LogP contribution >= 0.6 is 0 Å². The fourth-order valence-corrected chi connectivity index (χ4v) is 3.77. The van der Waals surface area contributed by atoms with Gasteiger partial charge in [-0.2, -0.15) is 5.11 Å². The first kappa shape index (κ1) is 23.6. The van der Waals surface area contributed by atoms with E-state index in [1.54, 1.807) is 23.7 Å². The van der Waals surface area contributed by atoms with E-state index in [2.05, 4.69) is 25.7 Å². The Bertz CT molecular complexity index is 1060. The van der Waals surface area contributed by atoms with Crippen LogP contribution in [0.1, 0.15) is 20.8 Å². The summed E-state index contributed by atoms with van der Waals surface area (Å²) in [7, 11) is 1.60. The zero-order chi connectivity index (χ0) is 23.3. The number of amides is 1. The Morgan fingerprint density at radius 3 is 2.50 bits per heavy atom. The number of benzene rings is 1. The van der Waals surface area contributed by atoms with Crippen LogP contribution in [0.4, 0.5) is 4.79 Å². The van der Waals surface area contributed by atoms with Crippen molar-refractivity contribution in [3.8, 4) is 0 Å². The predicted molar refractivity (Wildman–Crippen MR) is 122 cm³/mol. The topological polar surface area (TPSA) is 133 Å². The molecule has 2 heterocycles. The summed E-state index contributed by atoms with van der Waals surface area (Å²) in [5.41, 5.74) is 6.50. The van der Waals surface area contributed by atoms with Gasteiger partial charge in [0.2, 0.25) is 0 Å². The fourth-order valence-electron chi connectivity index (χ4n) is 3.77. The largest absolute Gasteiger partial charge is 0.379 e. The molecule has 1 aromatic heterocycles. The van der Waals surface area contributed by atoms with Crippen molar-refractivity contribution >= 4 is 22.9 Å². The lowest BCUT2D eigenvalue weighted by atomic mass is 9.86. The lowest BCUT2D eigenvalue weighted by Gasteiger charge is -2.28. The second-order valence-electron chi connectivity index (χ2n) is 8.81.